The molecule has 0 bridgehead atoms. The third-order valence-corrected chi connectivity index (χ3v) is 7.63. The number of fused-ring (bicyclic) bond motifs is 1. The molecule has 0 saturated carbocycles. The van der Waals surface area contributed by atoms with Gasteiger partial charge in [0.1, 0.15) is 16.8 Å². The number of nitrogens with one attached hydrogen (secondary N) is 1. The number of halogens is 2. The molecule has 0 aliphatic rings. The van der Waals surface area contributed by atoms with Crippen LogP contribution in [0.1, 0.15) is 60.0 Å². The predicted octanol–water partition coefficient (Wildman–Crippen LogP) is 3.60. The molecule has 242 valence electrons. The maximum atomic E-state index is 14.7. The Hall–Kier alpha value is -3.25. The Morgan fingerprint density at radius 1 is 1.09 bits per heavy atom. The van der Waals surface area contributed by atoms with Gasteiger partial charge in [-0.15, -0.1) is 0 Å². The van der Waals surface area contributed by atoms with Gasteiger partial charge in [-0.3, -0.25) is 23.9 Å². The average molecular weight is 686 g/mol. The zero-order chi connectivity index (χ0) is 33.0. The van der Waals surface area contributed by atoms with Gasteiger partial charge in [0.15, 0.2) is 12.4 Å². The molecule has 2 amide bonds. The second kappa shape index (κ2) is 18.8. The van der Waals surface area contributed by atoms with Crippen molar-refractivity contribution >= 4 is 80.0 Å². The van der Waals surface area contributed by atoms with Gasteiger partial charge in [0.25, 0.3) is 16.0 Å². The van der Waals surface area contributed by atoms with Gasteiger partial charge in [0, 0.05) is 55.1 Å². The van der Waals surface area contributed by atoms with E-state index in [1.165, 1.54) is 18.0 Å². The molecule has 1 heterocycles. The van der Waals surface area contributed by atoms with Crippen LogP contribution in [0.3, 0.4) is 0 Å². The number of esters is 1. The van der Waals surface area contributed by atoms with Gasteiger partial charge in [-0.2, -0.15) is 8.42 Å². The van der Waals surface area contributed by atoms with Crippen LogP contribution in [-0.2, 0) is 31.0 Å². The number of aromatic hydroxyl groups is 1. The maximum absolute atomic E-state index is 14.7. The van der Waals surface area contributed by atoms with Crippen molar-refractivity contribution in [3.8, 4) is 17.6 Å². The number of amides is 2. The molecule has 3 aromatic rings. The van der Waals surface area contributed by atoms with E-state index in [2.05, 4.69) is 22.1 Å². The first-order valence-corrected chi connectivity index (χ1v) is 16.0. The van der Waals surface area contributed by atoms with E-state index in [4.69, 9.17) is 20.9 Å². The Morgan fingerprint density at radius 3 is 2.43 bits per heavy atom. The summed E-state index contributed by atoms with van der Waals surface area (Å²) in [4.78, 5) is 41.9. The molecule has 15 heteroatoms. The molecular formula is C31H34ClFN3NaO8S. The van der Waals surface area contributed by atoms with Crippen molar-refractivity contribution in [3.05, 3.63) is 70.1 Å². The number of nitrogens with zero attached hydrogens (tertiary/aromatic N) is 2. The quantitative estimate of drug-likeness (QED) is 0.0757. The number of hydrogen-bond acceptors (Lipinski definition) is 8. The summed E-state index contributed by atoms with van der Waals surface area (Å²) < 4.78 is 50.1. The second-order valence-corrected chi connectivity index (χ2v) is 12.2. The summed E-state index contributed by atoms with van der Waals surface area (Å²) in [6, 6.07) is 9.38. The van der Waals surface area contributed by atoms with Crippen LogP contribution in [-0.4, -0.2) is 101 Å². The van der Waals surface area contributed by atoms with Crippen LogP contribution in [0.2, 0.25) is 5.02 Å². The summed E-state index contributed by atoms with van der Waals surface area (Å²) >= 11 is 5.87. The van der Waals surface area contributed by atoms with Crippen molar-refractivity contribution < 1.29 is 41.6 Å². The third kappa shape index (κ3) is 12.9. The fourth-order valence-electron chi connectivity index (χ4n) is 4.16. The first kappa shape index (κ1) is 38.9. The normalized spacial score (nSPS) is 10.8. The Kier molecular flexibility index (Phi) is 15.9. The van der Waals surface area contributed by atoms with Crippen molar-refractivity contribution in [2.75, 3.05) is 26.0 Å². The number of carbonyl (C=O) groups excluding carboxylic acids is 3. The molecule has 11 nitrogen and oxygen atoms in total. The van der Waals surface area contributed by atoms with Gasteiger partial charge in [0.05, 0.1) is 5.75 Å². The topological polar surface area (TPSA) is 163 Å². The van der Waals surface area contributed by atoms with Crippen molar-refractivity contribution in [1.82, 2.24) is 15.2 Å². The molecule has 0 radical (unpaired) electrons. The van der Waals surface area contributed by atoms with Gasteiger partial charge in [-0.25, -0.2) is 4.39 Å². The van der Waals surface area contributed by atoms with E-state index in [9.17, 15) is 32.3 Å². The zero-order valence-corrected chi connectivity index (χ0v) is 26.1. The van der Waals surface area contributed by atoms with E-state index >= 15 is 0 Å². The zero-order valence-electron chi connectivity index (χ0n) is 24.5. The monoisotopic (exact) mass is 685 g/mol. The van der Waals surface area contributed by atoms with Gasteiger partial charge in [0.2, 0.25) is 5.91 Å². The number of carbonyl (C=O) groups is 3. The molecular weight excluding hydrogens is 652 g/mol. The first-order chi connectivity index (χ1) is 21.3. The van der Waals surface area contributed by atoms with E-state index in [1.54, 1.807) is 24.3 Å². The summed E-state index contributed by atoms with van der Waals surface area (Å²) in [5, 5.41) is 14.0. The second-order valence-electron chi connectivity index (χ2n) is 10.2. The third-order valence-electron chi connectivity index (χ3n) is 6.68. The Balaban J connectivity index is 0.00000736. The van der Waals surface area contributed by atoms with Crippen LogP contribution < -0.4 is 5.32 Å². The molecule has 0 aliphatic heterocycles. The molecule has 0 spiro atoms. The van der Waals surface area contributed by atoms with Crippen LogP contribution in [0.5, 0.6) is 5.75 Å². The average Bonchev–Trinajstić information content (AvgIpc) is 2.99. The van der Waals surface area contributed by atoms with Crippen molar-refractivity contribution in [1.29, 1.82) is 0 Å². The SMILES string of the molecule is CN(CCS(=O)(=O)O)C(=O)CCCCCCC(=O)OCC#Cc1cc(F)c2ncc(C(=O)NCc3ccc(Cl)cc3)c(O)c2c1.[NaH]. The van der Waals surface area contributed by atoms with E-state index in [0.717, 1.165) is 17.8 Å². The van der Waals surface area contributed by atoms with Crippen LogP contribution in [0.15, 0.2) is 42.6 Å². The molecule has 0 atom stereocenters. The van der Waals surface area contributed by atoms with Gasteiger partial charge < -0.3 is 20.1 Å². The molecule has 2 aromatic carbocycles. The molecule has 0 fully saturated rings. The first-order valence-electron chi connectivity index (χ1n) is 14.0. The minimum atomic E-state index is -4.13. The molecule has 1 aromatic heterocycles. The van der Waals surface area contributed by atoms with Crippen molar-refractivity contribution in [2.24, 2.45) is 0 Å². The predicted molar refractivity (Wildman–Crippen MR) is 173 cm³/mol. The van der Waals surface area contributed by atoms with Crippen molar-refractivity contribution in [2.45, 2.75) is 45.1 Å². The number of unbranched alkanes of at least 4 members (excludes halogenated alkanes) is 3. The molecule has 46 heavy (non-hydrogen) atoms. The van der Waals surface area contributed by atoms with Crippen molar-refractivity contribution in [3.63, 3.8) is 0 Å². The van der Waals surface area contributed by atoms with Crippen LogP contribution >= 0.6 is 11.6 Å². The molecule has 0 saturated heterocycles. The van der Waals surface area contributed by atoms with E-state index in [0.29, 0.717) is 30.7 Å². The Bertz CT molecular complexity index is 1710. The van der Waals surface area contributed by atoms with Crippen LogP contribution in [0.4, 0.5) is 4.39 Å². The van der Waals surface area contributed by atoms with E-state index < -0.39 is 39.3 Å². The number of pyridine rings is 1. The van der Waals surface area contributed by atoms with Crippen LogP contribution in [0.25, 0.3) is 10.9 Å². The Labute approximate surface area is 293 Å². The standard InChI is InChI=1S/C31H33ClFN3O8S.Na.H/c1-36(14-16-45(41,42)43)27(37)8-4-2-3-5-9-28(38)44-15-6-7-22-17-24-29(26(33)18-22)34-20-25(30(24)39)31(40)35-19-21-10-12-23(32)13-11-21;;/h10-13,17-18,20H,2-5,8-9,14-16,19H2,1H3,(H,34,39)(H,35,40)(H,41,42,43);;. The number of hydrogen-bond donors (Lipinski definition) is 3. The summed E-state index contributed by atoms with van der Waals surface area (Å²) in [7, 11) is -2.66. The number of ether oxygens (including phenoxy) is 1. The summed E-state index contributed by atoms with van der Waals surface area (Å²) in [6.07, 6.45) is 3.94. The minimum absolute atomic E-state index is 0. The molecule has 0 unspecified atom stereocenters. The molecule has 0 aliphatic carbocycles. The fraction of sp³-hybridized carbons (Fsp3) is 0.355. The van der Waals surface area contributed by atoms with E-state index in [-0.39, 0.29) is 90.0 Å². The number of benzene rings is 2. The summed E-state index contributed by atoms with van der Waals surface area (Å²) in [5.41, 5.74) is 0.707. The fourth-order valence-corrected chi connectivity index (χ4v) is 4.79. The van der Waals surface area contributed by atoms with Gasteiger partial charge >= 0.3 is 35.5 Å². The van der Waals surface area contributed by atoms with E-state index in [1.807, 2.05) is 0 Å². The summed E-state index contributed by atoms with van der Waals surface area (Å²) in [5.74, 6) is 2.30. The molecule has 3 rings (SSSR count). The number of rotatable bonds is 14. The molecule has 3 N–H and O–H groups in total. The van der Waals surface area contributed by atoms with Gasteiger partial charge in [-0.1, -0.05) is 48.4 Å². The number of aromatic nitrogens is 1. The Morgan fingerprint density at radius 2 is 1.76 bits per heavy atom. The summed E-state index contributed by atoms with van der Waals surface area (Å²) in [6.45, 7) is -0.150. The van der Waals surface area contributed by atoms with Crippen LogP contribution in [0, 0.1) is 17.7 Å². The van der Waals surface area contributed by atoms with Gasteiger partial charge in [-0.05, 0) is 42.7 Å².